The molecule has 0 fully saturated rings. The molecule has 8 heteroatoms. The van der Waals surface area contributed by atoms with Crippen LogP contribution in [0.2, 0.25) is 15.2 Å². The van der Waals surface area contributed by atoms with E-state index in [1.807, 2.05) is 0 Å². The normalized spacial score (nSPS) is 12.4. The maximum Gasteiger partial charge on any atom is 0.330 e. The van der Waals surface area contributed by atoms with Crippen LogP contribution in [0, 0.1) is 5.82 Å². The fraction of sp³-hybridized carbons (Fsp3) is 0.167. The number of halogens is 4. The van der Waals surface area contributed by atoms with Crippen molar-refractivity contribution in [2.24, 2.45) is 0 Å². The van der Waals surface area contributed by atoms with Gasteiger partial charge in [0.1, 0.15) is 0 Å². The molecule has 4 nitrogen and oxygen atoms in total. The van der Waals surface area contributed by atoms with Crippen LogP contribution in [0.1, 0.15) is 18.5 Å². The Morgan fingerprint density at radius 2 is 1.90 bits per heavy atom. The van der Waals surface area contributed by atoms with Gasteiger partial charge < -0.3 is 0 Å². The molecule has 0 amide bonds. The van der Waals surface area contributed by atoms with E-state index < -0.39 is 28.3 Å². The molecule has 0 bridgehead atoms. The Labute approximate surface area is 127 Å². The molecule has 106 valence electrons. The molecule has 1 atom stereocenters. The Hall–Kier alpha value is -1.30. The van der Waals surface area contributed by atoms with Gasteiger partial charge in [-0.15, -0.1) is 0 Å². The maximum atomic E-state index is 13.5. The molecule has 0 radical (unpaired) electrons. The average Bonchev–Trinajstić information content (AvgIpc) is 2.36. The number of aromatic amines is 1. The summed E-state index contributed by atoms with van der Waals surface area (Å²) in [5, 5.41) is 0.0619. The van der Waals surface area contributed by atoms with Crippen molar-refractivity contribution in [2.75, 3.05) is 0 Å². The summed E-state index contributed by atoms with van der Waals surface area (Å²) in [5.74, 6) is -1.22. The highest BCUT2D eigenvalue weighted by Crippen LogP contribution is 2.27. The minimum atomic E-state index is -1.22. The third kappa shape index (κ3) is 2.61. The summed E-state index contributed by atoms with van der Waals surface area (Å²) < 4.78 is 14.2. The summed E-state index contributed by atoms with van der Waals surface area (Å²) in [6.45, 7) is 1.54. The predicted octanol–water partition coefficient (Wildman–Crippen LogP) is 3.25. The van der Waals surface area contributed by atoms with Crippen molar-refractivity contribution in [3.05, 3.63) is 65.6 Å². The van der Waals surface area contributed by atoms with Crippen LogP contribution in [-0.4, -0.2) is 9.55 Å². The van der Waals surface area contributed by atoms with Crippen molar-refractivity contribution in [2.45, 2.75) is 13.0 Å². The second-order valence-electron chi connectivity index (χ2n) is 4.08. The third-order valence-electron chi connectivity index (χ3n) is 2.83. The van der Waals surface area contributed by atoms with E-state index in [-0.39, 0.29) is 5.02 Å². The van der Waals surface area contributed by atoms with Crippen LogP contribution in [0.5, 0.6) is 0 Å². The second-order valence-corrected chi connectivity index (χ2v) is 5.30. The van der Waals surface area contributed by atoms with E-state index in [1.165, 1.54) is 6.07 Å². The number of benzene rings is 1. The van der Waals surface area contributed by atoms with E-state index in [1.54, 1.807) is 19.1 Å². The first kappa shape index (κ1) is 15.1. The number of hydrogen-bond donors (Lipinski definition) is 1. The quantitative estimate of drug-likeness (QED) is 0.855. The Balaban J connectivity index is 2.66. The van der Waals surface area contributed by atoms with Gasteiger partial charge in [-0.2, -0.15) is 4.39 Å². The molecule has 1 aromatic carbocycles. The molecule has 0 aliphatic heterocycles. The molecule has 0 aliphatic carbocycles. The summed E-state index contributed by atoms with van der Waals surface area (Å²) in [7, 11) is 0. The van der Waals surface area contributed by atoms with E-state index in [0.29, 0.717) is 15.2 Å². The van der Waals surface area contributed by atoms with Crippen LogP contribution in [0.15, 0.2) is 27.8 Å². The Kier molecular flexibility index (Phi) is 4.22. The third-order valence-corrected chi connectivity index (χ3v) is 3.66. The van der Waals surface area contributed by atoms with Gasteiger partial charge in [0.25, 0.3) is 5.56 Å². The van der Waals surface area contributed by atoms with Crippen LogP contribution in [0.4, 0.5) is 4.39 Å². The van der Waals surface area contributed by atoms with E-state index in [2.05, 4.69) is 4.98 Å². The molecular formula is C12H8Cl3FN2O2. The zero-order chi connectivity index (χ0) is 15.0. The minimum Gasteiger partial charge on any atom is -0.295 e. The number of H-pyrrole nitrogens is 1. The molecule has 0 saturated carbocycles. The molecule has 0 spiro atoms. The van der Waals surface area contributed by atoms with Crippen LogP contribution >= 0.6 is 34.8 Å². The number of aromatic nitrogens is 2. The van der Waals surface area contributed by atoms with Gasteiger partial charge in [-0.3, -0.25) is 14.3 Å². The fourth-order valence-electron chi connectivity index (χ4n) is 1.83. The van der Waals surface area contributed by atoms with Gasteiger partial charge in [-0.25, -0.2) is 4.79 Å². The molecule has 1 heterocycles. The van der Waals surface area contributed by atoms with Gasteiger partial charge in [0.05, 0.1) is 6.04 Å². The van der Waals surface area contributed by atoms with Gasteiger partial charge in [-0.1, -0.05) is 40.9 Å². The van der Waals surface area contributed by atoms with E-state index >= 15 is 0 Å². The number of hydrogen-bond acceptors (Lipinski definition) is 2. The lowest BCUT2D eigenvalue weighted by Crippen LogP contribution is -2.39. The molecule has 2 rings (SSSR count). The molecule has 2 aromatic rings. The lowest BCUT2D eigenvalue weighted by atomic mass is 10.1. The van der Waals surface area contributed by atoms with Crippen molar-refractivity contribution in [3.63, 3.8) is 0 Å². The zero-order valence-electron chi connectivity index (χ0n) is 10.1. The number of rotatable bonds is 2. The van der Waals surface area contributed by atoms with Gasteiger partial charge in [0.15, 0.2) is 5.15 Å². The Morgan fingerprint density at radius 1 is 1.25 bits per heavy atom. The summed E-state index contributed by atoms with van der Waals surface area (Å²) in [6, 6.07) is 3.82. The summed E-state index contributed by atoms with van der Waals surface area (Å²) >= 11 is 17.2. The van der Waals surface area contributed by atoms with Gasteiger partial charge in [0, 0.05) is 10.0 Å². The molecule has 1 aromatic heterocycles. The molecule has 20 heavy (non-hydrogen) atoms. The highest BCUT2D eigenvalue weighted by Gasteiger charge is 2.20. The standard InChI is InChI=1S/C12H8Cl3FN2O2/c1-5(7-3-2-6(13)4-8(7)14)18-11(19)9(16)10(15)17-12(18)20/h2-5H,1H3,(H,17,20). The van der Waals surface area contributed by atoms with Crippen LogP contribution < -0.4 is 11.2 Å². The highest BCUT2D eigenvalue weighted by atomic mass is 35.5. The second kappa shape index (κ2) is 5.60. The monoisotopic (exact) mass is 336 g/mol. The highest BCUT2D eigenvalue weighted by molar-refractivity contribution is 6.35. The van der Waals surface area contributed by atoms with Gasteiger partial charge >= 0.3 is 5.69 Å². The van der Waals surface area contributed by atoms with Crippen LogP contribution in [0.3, 0.4) is 0 Å². The zero-order valence-corrected chi connectivity index (χ0v) is 12.4. The molecule has 0 saturated heterocycles. The molecule has 1 N–H and O–H groups in total. The Morgan fingerprint density at radius 3 is 2.50 bits per heavy atom. The summed E-state index contributed by atoms with van der Waals surface area (Å²) in [6.07, 6.45) is 0. The minimum absolute atomic E-state index is 0.270. The van der Waals surface area contributed by atoms with E-state index in [4.69, 9.17) is 34.8 Å². The van der Waals surface area contributed by atoms with Crippen molar-refractivity contribution < 1.29 is 4.39 Å². The van der Waals surface area contributed by atoms with Gasteiger partial charge in [-0.05, 0) is 24.6 Å². The van der Waals surface area contributed by atoms with Crippen LogP contribution in [-0.2, 0) is 0 Å². The fourth-order valence-corrected chi connectivity index (χ4v) is 2.56. The molecular weight excluding hydrogens is 330 g/mol. The van der Waals surface area contributed by atoms with Crippen molar-refractivity contribution in [1.29, 1.82) is 0 Å². The molecule has 1 unspecified atom stereocenters. The number of nitrogens with one attached hydrogen (secondary N) is 1. The smallest absolute Gasteiger partial charge is 0.295 e. The summed E-state index contributed by atoms with van der Waals surface area (Å²) in [5.41, 5.74) is -1.47. The average molecular weight is 338 g/mol. The molecule has 0 aliphatic rings. The lowest BCUT2D eigenvalue weighted by molar-refractivity contribution is 0.515. The van der Waals surface area contributed by atoms with E-state index in [0.717, 1.165) is 0 Å². The lowest BCUT2D eigenvalue weighted by Gasteiger charge is -2.16. The van der Waals surface area contributed by atoms with Crippen molar-refractivity contribution in [1.82, 2.24) is 9.55 Å². The maximum absolute atomic E-state index is 13.5. The SMILES string of the molecule is CC(c1ccc(Cl)cc1Cl)n1c(=O)[nH]c(Cl)c(F)c1=O. The van der Waals surface area contributed by atoms with Crippen LogP contribution in [0.25, 0.3) is 0 Å². The first-order valence-corrected chi connectivity index (χ1v) is 6.61. The van der Waals surface area contributed by atoms with Crippen molar-refractivity contribution >= 4 is 34.8 Å². The van der Waals surface area contributed by atoms with Crippen molar-refractivity contribution in [3.8, 4) is 0 Å². The number of nitrogens with zero attached hydrogens (tertiary/aromatic N) is 1. The first-order valence-electron chi connectivity index (χ1n) is 5.47. The predicted molar refractivity (Wildman–Crippen MR) is 76.6 cm³/mol. The summed E-state index contributed by atoms with van der Waals surface area (Å²) in [4.78, 5) is 25.7. The van der Waals surface area contributed by atoms with E-state index in [9.17, 15) is 14.0 Å². The first-order chi connectivity index (χ1) is 9.32. The van der Waals surface area contributed by atoms with Gasteiger partial charge in [0.2, 0.25) is 5.82 Å². The largest absolute Gasteiger partial charge is 0.330 e. The Bertz CT molecular complexity index is 785. The topological polar surface area (TPSA) is 54.9 Å².